The molecule has 0 amide bonds. The summed E-state index contributed by atoms with van der Waals surface area (Å²) in [5, 5.41) is 0. The van der Waals surface area contributed by atoms with Crippen LogP contribution in [0.3, 0.4) is 0 Å². The van der Waals surface area contributed by atoms with Crippen LogP contribution in [0.5, 0.6) is 5.75 Å². The van der Waals surface area contributed by atoms with Gasteiger partial charge in [0.05, 0.1) is 5.56 Å². The lowest BCUT2D eigenvalue weighted by Gasteiger charge is -2.13. The minimum absolute atomic E-state index is 0.0896. The molecule has 76 valence electrons. The normalized spacial score (nSPS) is 19.7. The second kappa shape index (κ2) is 3.78. The second-order valence-electron chi connectivity index (χ2n) is 3.79. The molecule has 0 N–H and O–H groups in total. The van der Waals surface area contributed by atoms with Crippen molar-refractivity contribution in [3.05, 3.63) is 29.3 Å². The molecule has 0 aromatic heterocycles. The van der Waals surface area contributed by atoms with Crippen molar-refractivity contribution < 1.29 is 9.53 Å². The highest BCUT2D eigenvalue weighted by Gasteiger charge is 2.21. The van der Waals surface area contributed by atoms with Gasteiger partial charge in [-0.1, -0.05) is 18.1 Å². The molecule has 2 nitrogen and oxygen atoms in total. The first-order valence-electron chi connectivity index (χ1n) is 4.97. The first-order chi connectivity index (χ1) is 7.20. The first-order valence-corrected chi connectivity index (χ1v) is 4.97. The molecule has 0 radical (unpaired) electrons. The predicted molar refractivity (Wildman–Crippen MR) is 57.8 cm³/mol. The Balaban J connectivity index is 2.51. The van der Waals surface area contributed by atoms with Crippen LogP contribution >= 0.6 is 0 Å². The molecule has 0 fully saturated rings. The van der Waals surface area contributed by atoms with Gasteiger partial charge in [-0.25, -0.2) is 0 Å². The van der Waals surface area contributed by atoms with Crippen LogP contribution in [-0.2, 0) is 11.2 Å². The lowest BCUT2D eigenvalue weighted by atomic mass is 10.0. The minimum Gasteiger partial charge on any atom is -0.489 e. The fraction of sp³-hybridized carbons (Fsp3) is 0.308. The van der Waals surface area contributed by atoms with Crippen LogP contribution in [0, 0.1) is 12.3 Å². The van der Waals surface area contributed by atoms with E-state index in [1.807, 2.05) is 25.1 Å². The molecule has 15 heavy (non-hydrogen) atoms. The van der Waals surface area contributed by atoms with Gasteiger partial charge in [0.2, 0.25) is 0 Å². The van der Waals surface area contributed by atoms with Gasteiger partial charge in [-0.3, -0.25) is 4.79 Å². The van der Waals surface area contributed by atoms with Crippen LogP contribution in [0.1, 0.15) is 24.5 Å². The Morgan fingerprint density at radius 2 is 2.33 bits per heavy atom. The van der Waals surface area contributed by atoms with Crippen molar-refractivity contribution in [1.29, 1.82) is 0 Å². The molecule has 0 spiro atoms. The molecular weight excluding hydrogens is 188 g/mol. The average molecular weight is 200 g/mol. The number of para-hydroxylation sites is 1. The van der Waals surface area contributed by atoms with E-state index in [4.69, 9.17) is 11.2 Å². The van der Waals surface area contributed by atoms with Crippen LogP contribution in [0.2, 0.25) is 0 Å². The molecule has 1 atom stereocenters. The van der Waals surface area contributed by atoms with Crippen molar-refractivity contribution in [2.75, 3.05) is 0 Å². The SMILES string of the molecule is C#Cc1cccc2c1O[C@H](C)CC(=O)C2. The molecule has 1 heterocycles. The van der Waals surface area contributed by atoms with Gasteiger partial charge in [0.1, 0.15) is 17.6 Å². The molecule has 2 rings (SSSR count). The number of benzene rings is 1. The highest BCUT2D eigenvalue weighted by Crippen LogP contribution is 2.28. The quantitative estimate of drug-likeness (QED) is 0.598. The Hall–Kier alpha value is -1.75. The summed E-state index contributed by atoms with van der Waals surface area (Å²) in [5.41, 5.74) is 1.63. The molecule has 1 aromatic carbocycles. The zero-order valence-electron chi connectivity index (χ0n) is 8.62. The van der Waals surface area contributed by atoms with Crippen LogP contribution < -0.4 is 4.74 Å². The van der Waals surface area contributed by atoms with Crippen molar-refractivity contribution in [2.45, 2.75) is 25.9 Å². The zero-order valence-corrected chi connectivity index (χ0v) is 8.62. The maximum absolute atomic E-state index is 11.5. The Kier molecular flexibility index (Phi) is 2.47. The summed E-state index contributed by atoms with van der Waals surface area (Å²) in [4.78, 5) is 11.5. The monoisotopic (exact) mass is 200 g/mol. The van der Waals surface area contributed by atoms with Gasteiger partial charge in [0.15, 0.2) is 0 Å². The average Bonchev–Trinajstić information content (AvgIpc) is 2.33. The summed E-state index contributed by atoms with van der Waals surface area (Å²) in [7, 11) is 0. The predicted octanol–water partition coefficient (Wildman–Crippen LogP) is 1.95. The second-order valence-corrected chi connectivity index (χ2v) is 3.79. The summed E-state index contributed by atoms with van der Waals surface area (Å²) in [6.45, 7) is 1.89. The summed E-state index contributed by atoms with van der Waals surface area (Å²) in [6, 6.07) is 5.59. The van der Waals surface area contributed by atoms with Crippen LogP contribution in [0.4, 0.5) is 0 Å². The smallest absolute Gasteiger partial charge is 0.141 e. The van der Waals surface area contributed by atoms with Gasteiger partial charge in [-0.2, -0.15) is 0 Å². The van der Waals surface area contributed by atoms with Crippen LogP contribution in [-0.4, -0.2) is 11.9 Å². The fourth-order valence-electron chi connectivity index (χ4n) is 1.82. The van der Waals surface area contributed by atoms with Crippen molar-refractivity contribution in [3.63, 3.8) is 0 Å². The van der Waals surface area contributed by atoms with E-state index in [0.717, 1.165) is 11.1 Å². The lowest BCUT2D eigenvalue weighted by Crippen LogP contribution is -2.14. The van der Waals surface area contributed by atoms with E-state index in [1.165, 1.54) is 0 Å². The fourth-order valence-corrected chi connectivity index (χ4v) is 1.82. The Labute approximate surface area is 89.3 Å². The highest BCUT2D eigenvalue weighted by molar-refractivity contribution is 5.83. The number of carbonyl (C=O) groups excluding carboxylic acids is 1. The van der Waals surface area contributed by atoms with Crippen molar-refractivity contribution in [2.24, 2.45) is 0 Å². The number of Topliss-reactive ketones (excluding diaryl/α,β-unsaturated/α-hetero) is 1. The van der Waals surface area contributed by atoms with Crippen molar-refractivity contribution in [3.8, 4) is 18.1 Å². The van der Waals surface area contributed by atoms with Gasteiger partial charge in [-0.15, -0.1) is 6.42 Å². The Bertz CT molecular complexity index is 440. The topological polar surface area (TPSA) is 26.3 Å². The summed E-state index contributed by atoms with van der Waals surface area (Å²) < 4.78 is 5.69. The molecule has 1 aromatic rings. The number of ether oxygens (including phenoxy) is 1. The number of terminal acetylenes is 1. The first kappa shape index (κ1) is 9.79. The van der Waals surface area contributed by atoms with E-state index < -0.39 is 0 Å². The number of rotatable bonds is 0. The third-order valence-electron chi connectivity index (χ3n) is 2.47. The molecule has 0 aliphatic carbocycles. The number of hydrogen-bond acceptors (Lipinski definition) is 2. The highest BCUT2D eigenvalue weighted by atomic mass is 16.5. The van der Waals surface area contributed by atoms with E-state index in [9.17, 15) is 4.79 Å². The zero-order chi connectivity index (χ0) is 10.8. The van der Waals surface area contributed by atoms with Crippen LogP contribution in [0.15, 0.2) is 18.2 Å². The molecule has 0 bridgehead atoms. The molecule has 2 heteroatoms. The maximum Gasteiger partial charge on any atom is 0.141 e. The number of fused-ring (bicyclic) bond motifs is 1. The largest absolute Gasteiger partial charge is 0.489 e. The third-order valence-corrected chi connectivity index (χ3v) is 2.47. The van der Waals surface area contributed by atoms with E-state index in [-0.39, 0.29) is 11.9 Å². The third kappa shape index (κ3) is 1.87. The molecule has 1 aliphatic heterocycles. The summed E-state index contributed by atoms with van der Waals surface area (Å²) in [6.07, 6.45) is 6.18. The van der Waals surface area contributed by atoms with Gasteiger partial charge >= 0.3 is 0 Å². The van der Waals surface area contributed by atoms with Crippen LogP contribution in [0.25, 0.3) is 0 Å². The molecule has 0 saturated carbocycles. The molecular formula is C13H12O2. The minimum atomic E-state index is -0.0896. The standard InChI is InChI=1S/C13H12O2/c1-3-10-5-4-6-11-8-12(14)7-9(2)15-13(10)11/h1,4-6,9H,7-8H2,2H3/t9-/m1/s1. The number of carbonyl (C=O) groups is 1. The number of ketones is 1. The molecule has 1 aliphatic rings. The molecule has 0 unspecified atom stereocenters. The number of hydrogen-bond donors (Lipinski definition) is 0. The van der Waals surface area contributed by atoms with E-state index in [0.29, 0.717) is 18.6 Å². The summed E-state index contributed by atoms with van der Waals surface area (Å²) >= 11 is 0. The van der Waals surface area contributed by atoms with Gasteiger partial charge in [-0.05, 0) is 13.0 Å². The molecule has 0 saturated heterocycles. The van der Waals surface area contributed by atoms with Crippen molar-refractivity contribution >= 4 is 5.78 Å². The maximum atomic E-state index is 11.5. The Morgan fingerprint density at radius 3 is 3.07 bits per heavy atom. The van der Waals surface area contributed by atoms with Crippen molar-refractivity contribution in [1.82, 2.24) is 0 Å². The summed E-state index contributed by atoms with van der Waals surface area (Å²) in [5.74, 6) is 3.49. The van der Waals surface area contributed by atoms with E-state index >= 15 is 0 Å². The van der Waals surface area contributed by atoms with E-state index in [1.54, 1.807) is 0 Å². The Morgan fingerprint density at radius 1 is 1.53 bits per heavy atom. The van der Waals surface area contributed by atoms with Gasteiger partial charge in [0.25, 0.3) is 0 Å². The van der Waals surface area contributed by atoms with Gasteiger partial charge < -0.3 is 4.74 Å². The lowest BCUT2D eigenvalue weighted by molar-refractivity contribution is -0.119. The van der Waals surface area contributed by atoms with Gasteiger partial charge in [0, 0.05) is 18.4 Å². The van der Waals surface area contributed by atoms with E-state index in [2.05, 4.69) is 5.92 Å².